The number of benzene rings is 2. The summed E-state index contributed by atoms with van der Waals surface area (Å²) in [5.74, 6) is -0.979. The summed E-state index contributed by atoms with van der Waals surface area (Å²) in [5, 5.41) is 6.71. The number of hydrazone groups is 1. The molecule has 8 nitrogen and oxygen atoms in total. The molecule has 31 heavy (non-hydrogen) atoms. The smallest absolute Gasteiger partial charge is 0.329 e. The van der Waals surface area contributed by atoms with Crippen LogP contribution < -0.4 is 15.5 Å². The van der Waals surface area contributed by atoms with Crippen LogP contribution in [0.25, 0.3) is 0 Å². The molecule has 0 spiro atoms. The molecule has 0 radical (unpaired) electrons. The molecule has 3 amide bonds. The lowest BCUT2D eigenvalue weighted by Gasteiger charge is -2.14. The summed E-state index contributed by atoms with van der Waals surface area (Å²) in [6.07, 6.45) is 3.28. The third kappa shape index (κ3) is 6.67. The lowest BCUT2D eigenvalue weighted by molar-refractivity contribution is -0.145. The van der Waals surface area contributed by atoms with Gasteiger partial charge in [-0.15, -0.1) is 0 Å². The molecule has 0 aromatic heterocycles. The van der Waals surface area contributed by atoms with Gasteiger partial charge in [0.05, 0.1) is 12.3 Å². The van der Waals surface area contributed by atoms with Crippen molar-refractivity contribution in [3.63, 3.8) is 0 Å². The molecule has 0 aliphatic carbocycles. The Bertz CT molecular complexity index is 922. The SMILES string of the molecule is C[C@H](NC(=O)COc1ccc(/C=N\NC(=O)C(=O)N2CCCC2)cc1)c1ccccc1. The van der Waals surface area contributed by atoms with Gasteiger partial charge in [-0.25, -0.2) is 5.43 Å². The Kier molecular flexibility index (Phi) is 7.75. The van der Waals surface area contributed by atoms with E-state index in [2.05, 4.69) is 15.8 Å². The molecule has 8 heteroatoms. The average molecular weight is 422 g/mol. The molecule has 1 saturated heterocycles. The molecule has 0 unspecified atom stereocenters. The van der Waals surface area contributed by atoms with Gasteiger partial charge in [0, 0.05) is 13.1 Å². The second-order valence-corrected chi connectivity index (χ2v) is 7.26. The van der Waals surface area contributed by atoms with Gasteiger partial charge in [-0.1, -0.05) is 30.3 Å². The van der Waals surface area contributed by atoms with E-state index in [0.717, 1.165) is 18.4 Å². The summed E-state index contributed by atoms with van der Waals surface area (Å²) in [6.45, 7) is 3.04. The van der Waals surface area contributed by atoms with E-state index in [1.807, 2.05) is 37.3 Å². The fraction of sp³-hybridized carbons (Fsp3) is 0.304. The predicted molar refractivity (Wildman–Crippen MR) is 116 cm³/mol. The lowest BCUT2D eigenvalue weighted by Crippen LogP contribution is -2.39. The number of ether oxygens (including phenoxy) is 1. The van der Waals surface area contributed by atoms with E-state index in [1.165, 1.54) is 11.1 Å². The van der Waals surface area contributed by atoms with Gasteiger partial charge in [0.1, 0.15) is 5.75 Å². The van der Waals surface area contributed by atoms with Crippen molar-refractivity contribution < 1.29 is 19.1 Å². The molecule has 1 atom stereocenters. The van der Waals surface area contributed by atoms with Crippen molar-refractivity contribution >= 4 is 23.9 Å². The normalized spacial score (nSPS) is 14.3. The highest BCUT2D eigenvalue weighted by atomic mass is 16.5. The molecular weight excluding hydrogens is 396 g/mol. The third-order valence-corrected chi connectivity index (χ3v) is 4.89. The maximum Gasteiger partial charge on any atom is 0.329 e. The number of likely N-dealkylation sites (tertiary alicyclic amines) is 1. The molecule has 1 aliphatic rings. The predicted octanol–water partition coefficient (Wildman–Crippen LogP) is 2.02. The van der Waals surface area contributed by atoms with Gasteiger partial charge >= 0.3 is 11.8 Å². The summed E-state index contributed by atoms with van der Waals surface area (Å²) in [5.41, 5.74) is 3.98. The second kappa shape index (κ2) is 10.9. The highest BCUT2D eigenvalue weighted by molar-refractivity contribution is 6.35. The van der Waals surface area contributed by atoms with Crippen LogP contribution in [0.4, 0.5) is 0 Å². The number of nitrogens with one attached hydrogen (secondary N) is 2. The van der Waals surface area contributed by atoms with Gasteiger partial charge in [0.15, 0.2) is 6.61 Å². The topological polar surface area (TPSA) is 100 Å². The molecule has 0 saturated carbocycles. The summed E-state index contributed by atoms with van der Waals surface area (Å²) in [4.78, 5) is 37.3. The molecule has 0 bridgehead atoms. The van der Waals surface area contributed by atoms with Crippen molar-refractivity contribution in [2.75, 3.05) is 19.7 Å². The minimum atomic E-state index is -0.742. The zero-order chi connectivity index (χ0) is 22.1. The van der Waals surface area contributed by atoms with Crippen LogP contribution in [-0.4, -0.2) is 48.5 Å². The molecule has 1 heterocycles. The van der Waals surface area contributed by atoms with E-state index in [-0.39, 0.29) is 18.6 Å². The van der Waals surface area contributed by atoms with Crippen molar-refractivity contribution in [2.24, 2.45) is 5.10 Å². The molecular formula is C23H26N4O4. The van der Waals surface area contributed by atoms with Crippen LogP contribution in [0.2, 0.25) is 0 Å². The standard InChI is InChI=1S/C23H26N4O4/c1-17(19-7-3-2-4-8-19)25-21(28)16-31-20-11-9-18(10-12-20)15-24-26-22(29)23(30)27-13-5-6-14-27/h2-4,7-12,15,17H,5-6,13-14,16H2,1H3,(H,25,28)(H,26,29)/b24-15-/t17-/m0/s1. The summed E-state index contributed by atoms with van der Waals surface area (Å²) in [7, 11) is 0. The van der Waals surface area contributed by atoms with E-state index in [9.17, 15) is 14.4 Å². The van der Waals surface area contributed by atoms with Gasteiger partial charge in [0.2, 0.25) is 0 Å². The molecule has 3 rings (SSSR count). The first-order chi connectivity index (χ1) is 15.0. The van der Waals surface area contributed by atoms with Crippen LogP contribution in [-0.2, 0) is 14.4 Å². The van der Waals surface area contributed by atoms with E-state index >= 15 is 0 Å². The number of carbonyl (C=O) groups excluding carboxylic acids is 3. The van der Waals surface area contributed by atoms with E-state index in [0.29, 0.717) is 24.4 Å². The van der Waals surface area contributed by atoms with E-state index in [1.54, 1.807) is 24.3 Å². The fourth-order valence-electron chi connectivity index (χ4n) is 3.18. The van der Waals surface area contributed by atoms with Crippen LogP contribution in [0.1, 0.15) is 36.9 Å². The number of hydrogen-bond acceptors (Lipinski definition) is 5. The van der Waals surface area contributed by atoms with Gasteiger partial charge in [-0.2, -0.15) is 5.10 Å². The highest BCUT2D eigenvalue weighted by Gasteiger charge is 2.23. The van der Waals surface area contributed by atoms with Crippen molar-refractivity contribution in [1.29, 1.82) is 0 Å². The third-order valence-electron chi connectivity index (χ3n) is 4.89. The van der Waals surface area contributed by atoms with Crippen molar-refractivity contribution in [2.45, 2.75) is 25.8 Å². The maximum absolute atomic E-state index is 12.1. The molecule has 2 N–H and O–H groups in total. The Labute approximate surface area is 181 Å². The van der Waals surface area contributed by atoms with Crippen LogP contribution in [0.3, 0.4) is 0 Å². The minimum Gasteiger partial charge on any atom is -0.484 e. The summed E-state index contributed by atoms with van der Waals surface area (Å²) >= 11 is 0. The summed E-state index contributed by atoms with van der Waals surface area (Å²) in [6, 6.07) is 16.5. The van der Waals surface area contributed by atoms with Crippen LogP contribution in [0, 0.1) is 0 Å². The Morgan fingerprint density at radius 1 is 1.06 bits per heavy atom. The molecule has 2 aromatic rings. The maximum atomic E-state index is 12.1. The quantitative estimate of drug-likeness (QED) is 0.405. The second-order valence-electron chi connectivity index (χ2n) is 7.26. The molecule has 1 aliphatic heterocycles. The largest absolute Gasteiger partial charge is 0.484 e. The zero-order valence-corrected chi connectivity index (χ0v) is 17.4. The van der Waals surface area contributed by atoms with Gasteiger partial charge in [0.25, 0.3) is 5.91 Å². The van der Waals surface area contributed by atoms with E-state index in [4.69, 9.17) is 4.74 Å². The molecule has 162 valence electrons. The first kappa shape index (κ1) is 22.0. The Hall–Kier alpha value is -3.68. The fourth-order valence-corrected chi connectivity index (χ4v) is 3.18. The van der Waals surface area contributed by atoms with Crippen LogP contribution >= 0.6 is 0 Å². The minimum absolute atomic E-state index is 0.0979. The number of carbonyl (C=O) groups is 3. The zero-order valence-electron chi connectivity index (χ0n) is 17.4. The van der Waals surface area contributed by atoms with Gasteiger partial charge in [-0.3, -0.25) is 14.4 Å². The lowest BCUT2D eigenvalue weighted by atomic mass is 10.1. The van der Waals surface area contributed by atoms with Crippen molar-refractivity contribution in [1.82, 2.24) is 15.6 Å². The number of nitrogens with zero attached hydrogens (tertiary/aromatic N) is 2. The average Bonchev–Trinajstić information content (AvgIpc) is 3.33. The number of rotatable bonds is 7. The number of amides is 3. The Morgan fingerprint density at radius 3 is 2.42 bits per heavy atom. The van der Waals surface area contributed by atoms with E-state index < -0.39 is 11.8 Å². The monoisotopic (exact) mass is 422 g/mol. The summed E-state index contributed by atoms with van der Waals surface area (Å²) < 4.78 is 5.51. The van der Waals surface area contributed by atoms with Crippen LogP contribution in [0.15, 0.2) is 59.7 Å². The number of hydrogen-bond donors (Lipinski definition) is 2. The highest BCUT2D eigenvalue weighted by Crippen LogP contribution is 2.13. The van der Waals surface area contributed by atoms with Gasteiger partial charge < -0.3 is 15.0 Å². The molecule has 2 aromatic carbocycles. The van der Waals surface area contributed by atoms with Crippen molar-refractivity contribution in [3.8, 4) is 5.75 Å². The van der Waals surface area contributed by atoms with Crippen molar-refractivity contribution in [3.05, 3.63) is 65.7 Å². The van der Waals surface area contributed by atoms with Crippen LogP contribution in [0.5, 0.6) is 5.75 Å². The first-order valence-corrected chi connectivity index (χ1v) is 10.2. The van der Waals surface area contributed by atoms with Gasteiger partial charge in [-0.05, 0) is 55.2 Å². The molecule has 1 fully saturated rings. The first-order valence-electron chi connectivity index (χ1n) is 10.2. The Morgan fingerprint density at radius 2 is 1.74 bits per heavy atom. The Balaban J connectivity index is 1.41.